The minimum absolute atomic E-state index is 0.449. The predicted octanol–water partition coefficient (Wildman–Crippen LogP) is 2.27. The molecular formula is C10H14ClNO2S3. The lowest BCUT2D eigenvalue weighted by atomic mass is 10.4. The topological polar surface area (TPSA) is 37.4 Å². The SMILES string of the molecule is O=S(=O)(c1ccc(CCCl)s1)N1CCSCC1. The second kappa shape index (κ2) is 5.93. The van der Waals surface area contributed by atoms with Crippen LogP contribution in [0.4, 0.5) is 0 Å². The molecule has 2 rings (SSSR count). The lowest BCUT2D eigenvalue weighted by Crippen LogP contribution is -2.37. The highest BCUT2D eigenvalue weighted by molar-refractivity contribution is 7.99. The Labute approximate surface area is 115 Å². The first-order chi connectivity index (χ1) is 8.14. The molecule has 1 aliphatic rings. The number of nitrogens with zero attached hydrogens (tertiary/aromatic N) is 1. The van der Waals surface area contributed by atoms with E-state index < -0.39 is 10.0 Å². The van der Waals surface area contributed by atoms with Crippen LogP contribution in [0, 0.1) is 0 Å². The molecule has 0 aromatic carbocycles. The number of thioether (sulfide) groups is 1. The van der Waals surface area contributed by atoms with Crippen LogP contribution < -0.4 is 0 Å². The fraction of sp³-hybridized carbons (Fsp3) is 0.600. The number of alkyl halides is 1. The van der Waals surface area contributed by atoms with Crippen molar-refractivity contribution < 1.29 is 8.42 Å². The molecule has 1 fully saturated rings. The highest BCUT2D eigenvalue weighted by Gasteiger charge is 2.27. The van der Waals surface area contributed by atoms with E-state index in [1.165, 1.54) is 11.3 Å². The van der Waals surface area contributed by atoms with E-state index in [2.05, 4.69) is 0 Å². The van der Waals surface area contributed by atoms with E-state index in [4.69, 9.17) is 11.6 Å². The molecular weight excluding hydrogens is 298 g/mol. The van der Waals surface area contributed by atoms with Crippen LogP contribution in [0.1, 0.15) is 4.88 Å². The van der Waals surface area contributed by atoms with E-state index in [0.717, 1.165) is 22.8 Å². The van der Waals surface area contributed by atoms with Crippen LogP contribution >= 0.6 is 34.7 Å². The first-order valence-electron chi connectivity index (χ1n) is 5.37. The van der Waals surface area contributed by atoms with Crippen LogP contribution in [0.3, 0.4) is 0 Å². The second-order valence-electron chi connectivity index (χ2n) is 3.68. The van der Waals surface area contributed by atoms with Crippen LogP contribution in [0.2, 0.25) is 0 Å². The van der Waals surface area contributed by atoms with Crippen molar-refractivity contribution in [2.75, 3.05) is 30.5 Å². The molecule has 17 heavy (non-hydrogen) atoms. The van der Waals surface area contributed by atoms with Crippen molar-refractivity contribution in [3.63, 3.8) is 0 Å². The Balaban J connectivity index is 2.18. The highest BCUT2D eigenvalue weighted by atomic mass is 35.5. The van der Waals surface area contributed by atoms with E-state index in [9.17, 15) is 8.42 Å². The van der Waals surface area contributed by atoms with Gasteiger partial charge in [0.15, 0.2) is 0 Å². The maximum absolute atomic E-state index is 12.3. The standard InChI is InChI=1S/C10H14ClNO2S3/c11-4-3-9-1-2-10(16-9)17(13,14)12-5-7-15-8-6-12/h1-2H,3-8H2. The van der Waals surface area contributed by atoms with Crippen molar-refractivity contribution >= 4 is 44.7 Å². The summed E-state index contributed by atoms with van der Waals surface area (Å²) in [5.74, 6) is 2.30. The molecule has 1 aromatic heterocycles. The molecule has 0 atom stereocenters. The summed E-state index contributed by atoms with van der Waals surface area (Å²) < 4.78 is 26.6. The molecule has 7 heteroatoms. The van der Waals surface area contributed by atoms with Gasteiger partial charge < -0.3 is 0 Å². The van der Waals surface area contributed by atoms with Crippen molar-refractivity contribution in [3.8, 4) is 0 Å². The maximum atomic E-state index is 12.3. The molecule has 0 amide bonds. The van der Waals surface area contributed by atoms with Gasteiger partial charge in [0.05, 0.1) is 0 Å². The minimum Gasteiger partial charge on any atom is -0.206 e. The minimum atomic E-state index is -3.26. The van der Waals surface area contributed by atoms with Gasteiger partial charge in [-0.05, 0) is 18.6 Å². The maximum Gasteiger partial charge on any atom is 0.252 e. The average Bonchev–Trinajstić information content (AvgIpc) is 2.80. The largest absolute Gasteiger partial charge is 0.252 e. The van der Waals surface area contributed by atoms with E-state index >= 15 is 0 Å². The monoisotopic (exact) mass is 311 g/mol. The normalized spacial score (nSPS) is 18.4. The number of thiophene rings is 1. The van der Waals surface area contributed by atoms with E-state index in [1.807, 2.05) is 6.07 Å². The molecule has 0 aliphatic carbocycles. The van der Waals surface area contributed by atoms with Crippen molar-refractivity contribution in [2.24, 2.45) is 0 Å². The Morgan fingerprint density at radius 2 is 2.00 bits per heavy atom. The molecule has 0 radical (unpaired) electrons. The Kier molecular flexibility index (Phi) is 4.77. The van der Waals surface area contributed by atoms with Crippen molar-refractivity contribution in [1.82, 2.24) is 4.31 Å². The van der Waals surface area contributed by atoms with E-state index in [1.54, 1.807) is 22.1 Å². The zero-order valence-corrected chi connectivity index (χ0v) is 12.5. The van der Waals surface area contributed by atoms with Crippen LogP contribution in [-0.4, -0.2) is 43.2 Å². The van der Waals surface area contributed by atoms with Gasteiger partial charge in [-0.15, -0.1) is 22.9 Å². The first-order valence-corrected chi connectivity index (χ1v) is 9.32. The number of rotatable bonds is 4. The lowest BCUT2D eigenvalue weighted by molar-refractivity contribution is 0.445. The number of hydrogen-bond acceptors (Lipinski definition) is 4. The van der Waals surface area contributed by atoms with Gasteiger partial charge in [-0.1, -0.05) is 0 Å². The number of hydrogen-bond donors (Lipinski definition) is 0. The molecule has 0 N–H and O–H groups in total. The van der Waals surface area contributed by atoms with Crippen LogP contribution in [0.25, 0.3) is 0 Å². The Morgan fingerprint density at radius 1 is 1.29 bits per heavy atom. The van der Waals surface area contributed by atoms with Gasteiger partial charge in [0.1, 0.15) is 4.21 Å². The van der Waals surface area contributed by atoms with Crippen molar-refractivity contribution in [1.29, 1.82) is 0 Å². The van der Waals surface area contributed by atoms with Gasteiger partial charge in [-0.25, -0.2) is 8.42 Å². The Morgan fingerprint density at radius 3 is 2.65 bits per heavy atom. The highest BCUT2D eigenvalue weighted by Crippen LogP contribution is 2.27. The van der Waals surface area contributed by atoms with Gasteiger partial charge in [-0.3, -0.25) is 0 Å². The molecule has 2 heterocycles. The molecule has 0 bridgehead atoms. The van der Waals surface area contributed by atoms with Crippen LogP contribution in [0.5, 0.6) is 0 Å². The van der Waals surface area contributed by atoms with E-state index in [-0.39, 0.29) is 0 Å². The third-order valence-electron chi connectivity index (χ3n) is 2.54. The van der Waals surface area contributed by atoms with Gasteiger partial charge in [0.2, 0.25) is 0 Å². The van der Waals surface area contributed by atoms with Crippen molar-refractivity contribution in [2.45, 2.75) is 10.6 Å². The summed E-state index contributed by atoms with van der Waals surface area (Å²) in [6, 6.07) is 3.56. The third-order valence-corrected chi connectivity index (χ3v) is 7.18. The Bertz CT molecular complexity index is 466. The molecule has 0 unspecified atom stereocenters. The zero-order valence-electron chi connectivity index (χ0n) is 9.26. The zero-order chi connectivity index (χ0) is 12.3. The molecule has 96 valence electrons. The first kappa shape index (κ1) is 13.7. The number of sulfonamides is 1. The fourth-order valence-corrected chi connectivity index (χ4v) is 6.04. The van der Waals surface area contributed by atoms with Gasteiger partial charge in [-0.2, -0.15) is 16.1 Å². The van der Waals surface area contributed by atoms with Gasteiger partial charge >= 0.3 is 0 Å². The smallest absolute Gasteiger partial charge is 0.206 e. The molecule has 1 saturated heterocycles. The van der Waals surface area contributed by atoms with Crippen LogP contribution in [-0.2, 0) is 16.4 Å². The summed E-state index contributed by atoms with van der Waals surface area (Å²) in [6.07, 6.45) is 0.734. The summed E-state index contributed by atoms with van der Waals surface area (Å²) >= 11 is 8.79. The molecule has 3 nitrogen and oxygen atoms in total. The molecule has 0 saturated carbocycles. The number of halogens is 1. The average molecular weight is 312 g/mol. The quantitative estimate of drug-likeness (QED) is 0.801. The van der Waals surface area contributed by atoms with E-state index in [0.29, 0.717) is 23.2 Å². The Hall–Kier alpha value is 0.250. The summed E-state index contributed by atoms with van der Waals surface area (Å²) in [5, 5.41) is 0. The number of aryl methyl sites for hydroxylation is 1. The summed E-state index contributed by atoms with van der Waals surface area (Å²) in [6.45, 7) is 1.24. The second-order valence-corrected chi connectivity index (χ2v) is 8.61. The summed E-state index contributed by atoms with van der Waals surface area (Å²) in [5.41, 5.74) is 0. The predicted molar refractivity (Wildman–Crippen MR) is 74.8 cm³/mol. The van der Waals surface area contributed by atoms with Gasteiger partial charge in [0, 0.05) is 35.4 Å². The van der Waals surface area contributed by atoms with Gasteiger partial charge in [0.25, 0.3) is 10.0 Å². The fourth-order valence-electron chi connectivity index (χ4n) is 1.64. The third kappa shape index (κ3) is 3.17. The lowest BCUT2D eigenvalue weighted by Gasteiger charge is -2.24. The summed E-state index contributed by atoms with van der Waals surface area (Å²) in [7, 11) is -3.26. The summed E-state index contributed by atoms with van der Waals surface area (Å²) in [4.78, 5) is 1.03. The molecule has 0 spiro atoms. The van der Waals surface area contributed by atoms with Crippen LogP contribution in [0.15, 0.2) is 16.3 Å². The molecule has 1 aromatic rings. The van der Waals surface area contributed by atoms with Crippen molar-refractivity contribution in [3.05, 3.63) is 17.0 Å². The molecule has 1 aliphatic heterocycles.